The van der Waals surface area contributed by atoms with Crippen LogP contribution in [0.5, 0.6) is 0 Å². The summed E-state index contributed by atoms with van der Waals surface area (Å²) < 4.78 is 0. The highest BCUT2D eigenvalue weighted by atomic mass is 16.3. The van der Waals surface area contributed by atoms with Crippen molar-refractivity contribution >= 4 is 6.03 Å². The standard InChI is InChI=1S/C20H25N3O2/c1-14-10-16-6-2-3-8-18(16)19(14)23-20(25)22-12-15(13-24)11-17-7-4-5-9-21-17/h2-9,14-15,19,24H,10-13H2,1H3,(H2,22,23,25)/t14-,15-,19-/m1/s1. The van der Waals surface area contributed by atoms with Crippen molar-refractivity contribution < 1.29 is 9.90 Å². The molecule has 5 nitrogen and oxygen atoms in total. The molecule has 0 unspecified atom stereocenters. The van der Waals surface area contributed by atoms with Crippen LogP contribution in [0.15, 0.2) is 48.7 Å². The highest BCUT2D eigenvalue weighted by Gasteiger charge is 2.30. The van der Waals surface area contributed by atoms with Gasteiger partial charge in [0.25, 0.3) is 0 Å². The van der Waals surface area contributed by atoms with Gasteiger partial charge >= 0.3 is 6.03 Å². The van der Waals surface area contributed by atoms with Gasteiger partial charge in [0.2, 0.25) is 0 Å². The van der Waals surface area contributed by atoms with E-state index in [-0.39, 0.29) is 24.6 Å². The van der Waals surface area contributed by atoms with Crippen LogP contribution < -0.4 is 10.6 Å². The molecule has 1 aliphatic rings. The van der Waals surface area contributed by atoms with Crippen molar-refractivity contribution in [3.05, 3.63) is 65.5 Å². The van der Waals surface area contributed by atoms with E-state index in [1.807, 2.05) is 30.3 Å². The summed E-state index contributed by atoms with van der Waals surface area (Å²) in [5, 5.41) is 15.5. The molecule has 1 aliphatic carbocycles. The number of aliphatic hydroxyl groups excluding tert-OH is 1. The third-order valence-electron chi connectivity index (χ3n) is 4.82. The number of fused-ring (bicyclic) bond motifs is 1. The van der Waals surface area contributed by atoms with Gasteiger partial charge in [0.15, 0.2) is 0 Å². The van der Waals surface area contributed by atoms with Crippen molar-refractivity contribution in [3.63, 3.8) is 0 Å². The topological polar surface area (TPSA) is 74.2 Å². The summed E-state index contributed by atoms with van der Waals surface area (Å²) in [4.78, 5) is 16.6. The van der Waals surface area contributed by atoms with Crippen molar-refractivity contribution in [1.29, 1.82) is 0 Å². The lowest BCUT2D eigenvalue weighted by atomic mass is 10.0. The first-order valence-corrected chi connectivity index (χ1v) is 8.80. The van der Waals surface area contributed by atoms with E-state index in [9.17, 15) is 9.90 Å². The Hall–Kier alpha value is -2.40. The molecule has 25 heavy (non-hydrogen) atoms. The monoisotopic (exact) mass is 339 g/mol. The molecule has 2 amide bonds. The van der Waals surface area contributed by atoms with Gasteiger partial charge in [-0.05, 0) is 42.0 Å². The number of hydrogen-bond donors (Lipinski definition) is 3. The highest BCUT2D eigenvalue weighted by molar-refractivity contribution is 5.74. The number of urea groups is 1. The molecule has 2 aromatic rings. The van der Waals surface area contributed by atoms with Gasteiger partial charge in [0.1, 0.15) is 0 Å². The van der Waals surface area contributed by atoms with E-state index in [1.54, 1.807) is 6.20 Å². The van der Waals surface area contributed by atoms with Gasteiger partial charge in [-0.3, -0.25) is 4.98 Å². The second kappa shape index (κ2) is 8.12. The summed E-state index contributed by atoms with van der Waals surface area (Å²) in [6.07, 6.45) is 3.36. The van der Waals surface area contributed by atoms with Gasteiger partial charge in [0, 0.05) is 31.0 Å². The smallest absolute Gasteiger partial charge is 0.315 e. The Balaban J connectivity index is 1.52. The number of nitrogens with one attached hydrogen (secondary N) is 2. The molecule has 0 radical (unpaired) electrons. The maximum absolute atomic E-state index is 12.3. The minimum atomic E-state index is -0.187. The number of carbonyl (C=O) groups excluding carboxylic acids is 1. The minimum absolute atomic E-state index is 0.0134. The first-order chi connectivity index (χ1) is 12.2. The molecule has 0 aliphatic heterocycles. The van der Waals surface area contributed by atoms with E-state index >= 15 is 0 Å². The molecule has 3 atom stereocenters. The first-order valence-electron chi connectivity index (χ1n) is 8.80. The van der Waals surface area contributed by atoms with Crippen molar-refractivity contribution in [1.82, 2.24) is 15.6 Å². The molecular formula is C20H25N3O2. The number of carbonyl (C=O) groups is 1. The SMILES string of the molecule is C[C@@H]1Cc2ccccc2[C@@H]1NC(=O)NC[C@H](CO)Cc1ccccn1. The van der Waals surface area contributed by atoms with Crippen molar-refractivity contribution in [3.8, 4) is 0 Å². The molecule has 3 rings (SSSR count). The average Bonchev–Trinajstić information content (AvgIpc) is 2.95. The van der Waals surface area contributed by atoms with Crippen molar-refractivity contribution in [2.24, 2.45) is 11.8 Å². The van der Waals surface area contributed by atoms with E-state index in [1.165, 1.54) is 11.1 Å². The number of aliphatic hydroxyl groups is 1. The van der Waals surface area contributed by atoms with Crippen LogP contribution in [0.4, 0.5) is 4.79 Å². The van der Waals surface area contributed by atoms with Crippen LogP contribution in [-0.4, -0.2) is 29.3 Å². The van der Waals surface area contributed by atoms with Gasteiger partial charge in [-0.2, -0.15) is 0 Å². The van der Waals surface area contributed by atoms with Crippen LogP contribution in [0.25, 0.3) is 0 Å². The predicted octanol–water partition coefficient (Wildman–Crippen LogP) is 2.47. The van der Waals surface area contributed by atoms with E-state index in [0.29, 0.717) is 18.9 Å². The van der Waals surface area contributed by atoms with Gasteiger partial charge in [-0.15, -0.1) is 0 Å². The molecule has 0 fully saturated rings. The Morgan fingerprint density at radius 3 is 2.84 bits per heavy atom. The van der Waals surface area contributed by atoms with Crippen LogP contribution in [-0.2, 0) is 12.8 Å². The highest BCUT2D eigenvalue weighted by Crippen LogP contribution is 2.35. The normalized spacial score (nSPS) is 19.9. The fraction of sp³-hybridized carbons (Fsp3) is 0.400. The molecular weight excluding hydrogens is 314 g/mol. The quantitative estimate of drug-likeness (QED) is 0.757. The fourth-order valence-electron chi connectivity index (χ4n) is 3.46. The number of aromatic nitrogens is 1. The van der Waals surface area contributed by atoms with Gasteiger partial charge in [0.05, 0.1) is 6.04 Å². The van der Waals surface area contributed by atoms with Crippen LogP contribution in [0, 0.1) is 11.8 Å². The maximum atomic E-state index is 12.3. The fourth-order valence-corrected chi connectivity index (χ4v) is 3.46. The lowest BCUT2D eigenvalue weighted by Gasteiger charge is -2.21. The molecule has 0 bridgehead atoms. The first kappa shape index (κ1) is 17.4. The Morgan fingerprint density at radius 2 is 2.08 bits per heavy atom. The lowest BCUT2D eigenvalue weighted by Crippen LogP contribution is -2.42. The molecule has 0 saturated heterocycles. The van der Waals surface area contributed by atoms with Crippen LogP contribution in [0.3, 0.4) is 0 Å². The summed E-state index contributed by atoms with van der Waals surface area (Å²) in [6.45, 7) is 2.59. The molecule has 0 spiro atoms. The summed E-state index contributed by atoms with van der Waals surface area (Å²) in [5.41, 5.74) is 3.43. The minimum Gasteiger partial charge on any atom is -0.396 e. The molecule has 0 saturated carbocycles. The Bertz CT molecular complexity index is 705. The van der Waals surface area contributed by atoms with E-state index in [2.05, 4.69) is 34.7 Å². The largest absolute Gasteiger partial charge is 0.396 e. The second-order valence-electron chi connectivity index (χ2n) is 6.79. The van der Waals surface area contributed by atoms with E-state index in [4.69, 9.17) is 0 Å². The second-order valence-corrected chi connectivity index (χ2v) is 6.79. The van der Waals surface area contributed by atoms with Gasteiger partial charge < -0.3 is 15.7 Å². The zero-order valence-electron chi connectivity index (χ0n) is 14.5. The molecule has 3 N–H and O–H groups in total. The van der Waals surface area contributed by atoms with Crippen molar-refractivity contribution in [2.45, 2.75) is 25.8 Å². The van der Waals surface area contributed by atoms with Crippen LogP contribution in [0.2, 0.25) is 0 Å². The summed E-state index contributed by atoms with van der Waals surface area (Å²) in [7, 11) is 0. The number of rotatable bonds is 6. The van der Waals surface area contributed by atoms with Crippen LogP contribution >= 0.6 is 0 Å². The predicted molar refractivity (Wildman–Crippen MR) is 97.1 cm³/mol. The maximum Gasteiger partial charge on any atom is 0.315 e. The van der Waals surface area contributed by atoms with Crippen molar-refractivity contribution in [2.75, 3.05) is 13.2 Å². The zero-order chi connectivity index (χ0) is 17.6. The third-order valence-corrected chi connectivity index (χ3v) is 4.82. The molecule has 5 heteroatoms. The third kappa shape index (κ3) is 4.37. The lowest BCUT2D eigenvalue weighted by molar-refractivity contribution is 0.210. The summed E-state index contributed by atoms with van der Waals surface area (Å²) in [6, 6.07) is 13.8. The zero-order valence-corrected chi connectivity index (χ0v) is 14.5. The number of amides is 2. The molecule has 1 heterocycles. The Labute approximate surface area is 148 Å². The van der Waals surface area contributed by atoms with Gasteiger partial charge in [-0.1, -0.05) is 37.3 Å². The summed E-state index contributed by atoms with van der Waals surface area (Å²) in [5.74, 6) is 0.333. The number of benzene rings is 1. The molecule has 1 aromatic carbocycles. The molecule has 1 aromatic heterocycles. The molecule has 132 valence electrons. The number of nitrogens with zero attached hydrogens (tertiary/aromatic N) is 1. The van der Waals surface area contributed by atoms with Gasteiger partial charge in [-0.25, -0.2) is 4.79 Å². The number of hydrogen-bond acceptors (Lipinski definition) is 3. The van der Waals surface area contributed by atoms with E-state index in [0.717, 1.165) is 12.1 Å². The summed E-state index contributed by atoms with van der Waals surface area (Å²) >= 11 is 0. The van der Waals surface area contributed by atoms with E-state index < -0.39 is 0 Å². The Kier molecular flexibility index (Phi) is 5.66. The average molecular weight is 339 g/mol. The van der Waals surface area contributed by atoms with Crippen LogP contribution in [0.1, 0.15) is 29.8 Å². The number of pyridine rings is 1. The Morgan fingerprint density at radius 1 is 1.28 bits per heavy atom.